The van der Waals surface area contributed by atoms with Gasteiger partial charge in [-0.1, -0.05) is 35.8 Å². The van der Waals surface area contributed by atoms with Crippen molar-refractivity contribution >= 4 is 0 Å². The van der Waals surface area contributed by atoms with Gasteiger partial charge in [0.25, 0.3) is 0 Å². The Bertz CT molecular complexity index is 579. The number of rotatable bonds is 4. The summed E-state index contributed by atoms with van der Waals surface area (Å²) in [4.78, 5) is 4.61. The number of likely N-dealkylation sites (N-methyl/N-ethyl adjacent to an activating group) is 1. The minimum atomic E-state index is 0.373. The molecule has 0 saturated heterocycles. The average Bonchev–Trinajstić information content (AvgIpc) is 3.09. The molecule has 20 heavy (non-hydrogen) atoms. The number of benzene rings is 1. The van der Waals surface area contributed by atoms with E-state index in [2.05, 4.69) is 46.6 Å². The van der Waals surface area contributed by atoms with E-state index < -0.39 is 0 Å². The van der Waals surface area contributed by atoms with Crippen molar-refractivity contribution in [1.82, 2.24) is 15.5 Å². The molecule has 2 unspecified atom stereocenters. The normalized spacial score (nSPS) is 22.3. The van der Waals surface area contributed by atoms with Crippen LogP contribution in [0, 0.1) is 6.92 Å². The molecule has 0 aliphatic heterocycles. The lowest BCUT2D eigenvalue weighted by atomic mass is 10.0. The van der Waals surface area contributed by atoms with E-state index in [4.69, 9.17) is 4.52 Å². The second kappa shape index (κ2) is 5.75. The number of hydrogen-bond donors (Lipinski definition) is 1. The van der Waals surface area contributed by atoms with Gasteiger partial charge in [0.15, 0.2) is 5.82 Å². The molecule has 0 radical (unpaired) electrons. The third-order valence-corrected chi connectivity index (χ3v) is 4.30. The van der Waals surface area contributed by atoms with Crippen LogP contribution in [0.15, 0.2) is 28.8 Å². The Balaban J connectivity index is 1.76. The van der Waals surface area contributed by atoms with Crippen LogP contribution < -0.4 is 5.32 Å². The number of hydrogen-bond acceptors (Lipinski definition) is 4. The summed E-state index contributed by atoms with van der Waals surface area (Å²) in [5, 5.41) is 7.50. The average molecular weight is 271 g/mol. The van der Waals surface area contributed by atoms with Gasteiger partial charge in [-0.25, -0.2) is 0 Å². The predicted molar refractivity (Wildman–Crippen MR) is 77.7 cm³/mol. The number of nitrogens with one attached hydrogen (secondary N) is 1. The molecule has 2 aromatic rings. The zero-order valence-electron chi connectivity index (χ0n) is 12.1. The van der Waals surface area contributed by atoms with Gasteiger partial charge in [0.1, 0.15) is 0 Å². The van der Waals surface area contributed by atoms with Crippen LogP contribution >= 0.6 is 0 Å². The molecule has 3 rings (SSSR count). The number of aryl methyl sites for hydroxylation is 1. The predicted octanol–water partition coefficient (Wildman–Crippen LogP) is 2.82. The van der Waals surface area contributed by atoms with Crippen molar-refractivity contribution in [2.45, 2.75) is 44.6 Å². The van der Waals surface area contributed by atoms with Crippen molar-refractivity contribution in [2.24, 2.45) is 0 Å². The first kappa shape index (κ1) is 13.3. The fourth-order valence-corrected chi connectivity index (χ4v) is 3.07. The maximum absolute atomic E-state index is 5.49. The Hall–Kier alpha value is -1.68. The van der Waals surface area contributed by atoms with Gasteiger partial charge in [-0.3, -0.25) is 0 Å². The van der Waals surface area contributed by atoms with E-state index in [0.717, 1.165) is 24.6 Å². The molecular formula is C16H21N3O. The third kappa shape index (κ3) is 2.61. The summed E-state index contributed by atoms with van der Waals surface area (Å²) in [6.45, 7) is 2.12. The minimum absolute atomic E-state index is 0.373. The number of nitrogens with zero attached hydrogens (tertiary/aromatic N) is 2. The smallest absolute Gasteiger partial charge is 0.231 e. The van der Waals surface area contributed by atoms with Crippen LogP contribution in [0.3, 0.4) is 0 Å². The van der Waals surface area contributed by atoms with E-state index in [-0.39, 0.29) is 0 Å². The van der Waals surface area contributed by atoms with Gasteiger partial charge in [-0.15, -0.1) is 0 Å². The third-order valence-electron chi connectivity index (χ3n) is 4.30. The second-order valence-corrected chi connectivity index (χ2v) is 5.58. The molecular weight excluding hydrogens is 250 g/mol. The van der Waals surface area contributed by atoms with E-state index in [1.54, 1.807) is 0 Å². The second-order valence-electron chi connectivity index (χ2n) is 5.58. The Labute approximate surface area is 119 Å². The SMILES string of the molecule is CNC1CCCC1c1nc(Cc2ccccc2C)no1. The van der Waals surface area contributed by atoms with Crippen molar-refractivity contribution in [1.29, 1.82) is 0 Å². The Morgan fingerprint density at radius 2 is 2.15 bits per heavy atom. The standard InChI is InChI=1S/C16H21N3O/c1-11-6-3-4-7-12(11)10-15-18-16(20-19-15)13-8-5-9-14(13)17-2/h3-4,6-7,13-14,17H,5,8-10H2,1-2H3. The summed E-state index contributed by atoms with van der Waals surface area (Å²) in [6.07, 6.45) is 4.30. The van der Waals surface area contributed by atoms with Gasteiger partial charge in [0.2, 0.25) is 5.89 Å². The molecule has 1 aromatic carbocycles. The van der Waals surface area contributed by atoms with Gasteiger partial charge in [0, 0.05) is 12.5 Å². The first-order valence-corrected chi connectivity index (χ1v) is 7.32. The summed E-state index contributed by atoms with van der Waals surface area (Å²) < 4.78 is 5.49. The van der Waals surface area contributed by atoms with Crippen LogP contribution in [0.5, 0.6) is 0 Å². The molecule has 1 aliphatic carbocycles. The highest BCUT2D eigenvalue weighted by molar-refractivity contribution is 5.28. The van der Waals surface area contributed by atoms with E-state index in [1.165, 1.54) is 24.0 Å². The van der Waals surface area contributed by atoms with Crippen LogP contribution in [0.4, 0.5) is 0 Å². The Kier molecular flexibility index (Phi) is 3.83. The molecule has 1 N–H and O–H groups in total. The molecule has 1 aliphatic rings. The summed E-state index contributed by atoms with van der Waals surface area (Å²) in [5.41, 5.74) is 2.53. The lowest BCUT2D eigenvalue weighted by Gasteiger charge is -2.14. The summed E-state index contributed by atoms with van der Waals surface area (Å²) >= 11 is 0. The molecule has 1 heterocycles. The maximum atomic E-state index is 5.49. The van der Waals surface area contributed by atoms with Crippen molar-refractivity contribution < 1.29 is 4.52 Å². The summed E-state index contributed by atoms with van der Waals surface area (Å²) in [7, 11) is 2.01. The van der Waals surface area contributed by atoms with Gasteiger partial charge in [-0.2, -0.15) is 4.98 Å². The highest BCUT2D eigenvalue weighted by Gasteiger charge is 2.31. The molecule has 1 saturated carbocycles. The van der Waals surface area contributed by atoms with Crippen LogP contribution in [0.1, 0.15) is 48.0 Å². The van der Waals surface area contributed by atoms with Crippen LogP contribution in [-0.4, -0.2) is 23.2 Å². The molecule has 4 nitrogen and oxygen atoms in total. The van der Waals surface area contributed by atoms with E-state index in [9.17, 15) is 0 Å². The summed E-state index contributed by atoms with van der Waals surface area (Å²) in [5.74, 6) is 1.96. The van der Waals surface area contributed by atoms with E-state index in [0.29, 0.717) is 12.0 Å². The molecule has 0 bridgehead atoms. The monoisotopic (exact) mass is 271 g/mol. The lowest BCUT2D eigenvalue weighted by molar-refractivity contribution is 0.332. The Morgan fingerprint density at radius 1 is 1.30 bits per heavy atom. The van der Waals surface area contributed by atoms with Gasteiger partial charge in [0.05, 0.1) is 5.92 Å². The Morgan fingerprint density at radius 3 is 2.95 bits per heavy atom. The quantitative estimate of drug-likeness (QED) is 0.929. The first-order chi connectivity index (χ1) is 9.78. The van der Waals surface area contributed by atoms with Crippen molar-refractivity contribution in [2.75, 3.05) is 7.05 Å². The minimum Gasteiger partial charge on any atom is -0.339 e. The van der Waals surface area contributed by atoms with Crippen LogP contribution in [0.25, 0.3) is 0 Å². The molecule has 2 atom stereocenters. The zero-order chi connectivity index (χ0) is 13.9. The fraction of sp³-hybridized carbons (Fsp3) is 0.500. The van der Waals surface area contributed by atoms with Gasteiger partial charge < -0.3 is 9.84 Å². The fourth-order valence-electron chi connectivity index (χ4n) is 3.07. The largest absolute Gasteiger partial charge is 0.339 e. The van der Waals surface area contributed by atoms with Gasteiger partial charge >= 0.3 is 0 Å². The zero-order valence-corrected chi connectivity index (χ0v) is 12.1. The van der Waals surface area contributed by atoms with Gasteiger partial charge in [-0.05, 0) is 37.9 Å². The van der Waals surface area contributed by atoms with Crippen molar-refractivity contribution in [3.63, 3.8) is 0 Å². The van der Waals surface area contributed by atoms with Crippen molar-refractivity contribution in [3.8, 4) is 0 Å². The van der Waals surface area contributed by atoms with Crippen molar-refractivity contribution in [3.05, 3.63) is 47.1 Å². The van der Waals surface area contributed by atoms with E-state index >= 15 is 0 Å². The molecule has 0 amide bonds. The molecule has 4 heteroatoms. The molecule has 0 spiro atoms. The molecule has 1 aromatic heterocycles. The summed E-state index contributed by atoms with van der Waals surface area (Å²) in [6, 6.07) is 8.82. The topological polar surface area (TPSA) is 51.0 Å². The molecule has 106 valence electrons. The highest BCUT2D eigenvalue weighted by Crippen LogP contribution is 2.33. The highest BCUT2D eigenvalue weighted by atomic mass is 16.5. The lowest BCUT2D eigenvalue weighted by Crippen LogP contribution is -2.27. The van der Waals surface area contributed by atoms with Crippen LogP contribution in [-0.2, 0) is 6.42 Å². The van der Waals surface area contributed by atoms with Crippen LogP contribution in [0.2, 0.25) is 0 Å². The maximum Gasteiger partial charge on any atom is 0.231 e. The van der Waals surface area contributed by atoms with E-state index in [1.807, 2.05) is 7.05 Å². The molecule has 1 fully saturated rings. The first-order valence-electron chi connectivity index (χ1n) is 7.32. The number of aromatic nitrogens is 2.